The summed E-state index contributed by atoms with van der Waals surface area (Å²) in [6.45, 7) is 4.50. The molecule has 3 atom stereocenters. The summed E-state index contributed by atoms with van der Waals surface area (Å²) in [6.07, 6.45) is 20.2. The van der Waals surface area contributed by atoms with Crippen molar-refractivity contribution in [2.75, 3.05) is 0 Å². The molecule has 0 N–H and O–H groups in total. The fraction of sp³-hybridized carbons (Fsp3) is 0.316. The summed E-state index contributed by atoms with van der Waals surface area (Å²) in [6, 6.07) is 2.35. The van der Waals surface area contributed by atoms with E-state index < -0.39 is 0 Å². The second-order valence-electron chi connectivity index (χ2n) is 5.95. The first-order valence-corrected chi connectivity index (χ1v) is 7.40. The van der Waals surface area contributed by atoms with Gasteiger partial charge in [0.1, 0.15) is 7.05 Å². The smallest absolute Gasteiger partial charge is 0.189 e. The van der Waals surface area contributed by atoms with Gasteiger partial charge in [-0.05, 0) is 17.4 Å². The molecule has 0 amide bonds. The predicted octanol–water partition coefficient (Wildman–Crippen LogP) is 4.03. The van der Waals surface area contributed by atoms with Crippen LogP contribution in [0.4, 0.5) is 0 Å². The van der Waals surface area contributed by atoms with Crippen molar-refractivity contribution in [2.24, 2.45) is 18.9 Å². The van der Waals surface area contributed by atoms with Gasteiger partial charge in [-0.1, -0.05) is 62.5 Å². The van der Waals surface area contributed by atoms with E-state index >= 15 is 0 Å². The molecule has 3 rings (SSSR count). The minimum absolute atomic E-state index is 0.466. The Labute approximate surface area is 121 Å². The molecule has 102 valence electrons. The first-order valence-electron chi connectivity index (χ1n) is 7.40. The Morgan fingerprint density at radius 1 is 0.900 bits per heavy atom. The van der Waals surface area contributed by atoms with Crippen molar-refractivity contribution in [3.8, 4) is 0 Å². The molecule has 0 saturated heterocycles. The second kappa shape index (κ2) is 5.24. The Morgan fingerprint density at radius 2 is 1.60 bits per heavy atom. The highest BCUT2D eigenvalue weighted by atomic mass is 14.9. The summed E-state index contributed by atoms with van der Waals surface area (Å²) in [5.41, 5.74) is 4.01. The Bertz CT molecular complexity index is 631. The summed E-state index contributed by atoms with van der Waals surface area (Å²) in [4.78, 5) is 0. The van der Waals surface area contributed by atoms with Crippen LogP contribution in [0.2, 0.25) is 0 Å². The molecule has 0 aliphatic heterocycles. The average Bonchev–Trinajstić information content (AvgIpc) is 2.61. The van der Waals surface area contributed by atoms with Crippen LogP contribution in [0.5, 0.6) is 0 Å². The number of rotatable bonds is 1. The molecular weight excluding hydrogens is 242 g/mol. The predicted molar refractivity (Wildman–Crippen MR) is 85.0 cm³/mol. The third-order valence-electron chi connectivity index (χ3n) is 4.29. The van der Waals surface area contributed by atoms with E-state index in [-0.39, 0.29) is 0 Å². The van der Waals surface area contributed by atoms with Crippen LogP contribution in [0.25, 0.3) is 12.2 Å². The van der Waals surface area contributed by atoms with Crippen LogP contribution in [0.3, 0.4) is 0 Å². The number of pyridine rings is 1. The van der Waals surface area contributed by atoms with Gasteiger partial charge in [-0.3, -0.25) is 0 Å². The van der Waals surface area contributed by atoms with Gasteiger partial charge in [0, 0.05) is 11.6 Å². The third-order valence-corrected chi connectivity index (χ3v) is 4.29. The van der Waals surface area contributed by atoms with E-state index in [0.717, 1.165) is 0 Å². The quantitative estimate of drug-likeness (QED) is 0.674. The molecule has 1 nitrogen and oxygen atoms in total. The molecular formula is C19H22N+. The highest BCUT2D eigenvalue weighted by Crippen LogP contribution is 2.29. The zero-order valence-corrected chi connectivity index (χ0v) is 12.5. The normalized spacial score (nSPS) is 27.4. The van der Waals surface area contributed by atoms with Gasteiger partial charge in [-0.2, -0.15) is 0 Å². The van der Waals surface area contributed by atoms with Crippen LogP contribution in [0.15, 0.2) is 48.7 Å². The maximum Gasteiger partial charge on any atom is 0.189 e. The summed E-state index contributed by atoms with van der Waals surface area (Å²) in [5.74, 6) is 1.52. The van der Waals surface area contributed by atoms with Gasteiger partial charge in [0.25, 0.3) is 0 Å². The molecule has 1 heteroatoms. The number of aryl methyl sites for hydroxylation is 1. The lowest BCUT2D eigenvalue weighted by atomic mass is 9.86. The van der Waals surface area contributed by atoms with Crippen LogP contribution in [0, 0.1) is 11.8 Å². The Balaban J connectivity index is 2.06. The largest absolute Gasteiger partial charge is 0.204 e. The van der Waals surface area contributed by atoms with E-state index in [1.54, 1.807) is 0 Å². The highest BCUT2D eigenvalue weighted by molar-refractivity contribution is 5.66. The number of hydrogen-bond acceptors (Lipinski definition) is 0. The van der Waals surface area contributed by atoms with Gasteiger partial charge >= 0.3 is 0 Å². The Kier molecular flexibility index (Phi) is 3.43. The van der Waals surface area contributed by atoms with Gasteiger partial charge < -0.3 is 0 Å². The SMILES string of the molecule is CC1C=Cc2cc(C3C=CC=CC3C)[n+](C)cc2C=C1. The molecule has 0 saturated carbocycles. The molecule has 2 aliphatic rings. The van der Waals surface area contributed by atoms with Crippen molar-refractivity contribution in [3.63, 3.8) is 0 Å². The fourth-order valence-corrected chi connectivity index (χ4v) is 2.98. The third kappa shape index (κ3) is 2.40. The zero-order valence-electron chi connectivity index (χ0n) is 12.5. The molecule has 1 aromatic rings. The van der Waals surface area contributed by atoms with Crippen LogP contribution in [-0.2, 0) is 7.05 Å². The van der Waals surface area contributed by atoms with Gasteiger partial charge in [0.05, 0.1) is 5.92 Å². The van der Waals surface area contributed by atoms with Crippen molar-refractivity contribution in [2.45, 2.75) is 19.8 Å². The summed E-state index contributed by atoms with van der Waals surface area (Å²) < 4.78 is 2.28. The molecule has 0 bridgehead atoms. The van der Waals surface area contributed by atoms with E-state index in [1.165, 1.54) is 16.8 Å². The fourth-order valence-electron chi connectivity index (χ4n) is 2.98. The highest BCUT2D eigenvalue weighted by Gasteiger charge is 2.25. The van der Waals surface area contributed by atoms with E-state index in [4.69, 9.17) is 0 Å². The van der Waals surface area contributed by atoms with Crippen molar-refractivity contribution >= 4 is 12.2 Å². The molecule has 20 heavy (non-hydrogen) atoms. The Morgan fingerprint density at radius 3 is 2.35 bits per heavy atom. The van der Waals surface area contributed by atoms with Crippen LogP contribution < -0.4 is 4.57 Å². The lowest BCUT2D eigenvalue weighted by Crippen LogP contribution is -2.36. The maximum atomic E-state index is 2.35. The number of aromatic nitrogens is 1. The van der Waals surface area contributed by atoms with Crippen molar-refractivity contribution in [3.05, 3.63) is 65.5 Å². The molecule has 0 radical (unpaired) electrons. The van der Waals surface area contributed by atoms with Gasteiger partial charge in [-0.25, -0.2) is 4.57 Å². The van der Waals surface area contributed by atoms with Crippen LogP contribution >= 0.6 is 0 Å². The Hall–Kier alpha value is -1.89. The first-order chi connectivity index (χ1) is 9.65. The van der Waals surface area contributed by atoms with E-state index in [2.05, 4.69) is 86.3 Å². The van der Waals surface area contributed by atoms with Crippen LogP contribution in [-0.4, -0.2) is 0 Å². The lowest BCUT2D eigenvalue weighted by molar-refractivity contribution is -0.680. The summed E-state index contributed by atoms with van der Waals surface area (Å²) in [5, 5.41) is 0. The number of fused-ring (bicyclic) bond motifs is 1. The molecule has 3 unspecified atom stereocenters. The van der Waals surface area contributed by atoms with Crippen LogP contribution in [0.1, 0.15) is 36.6 Å². The van der Waals surface area contributed by atoms with Crippen molar-refractivity contribution < 1.29 is 4.57 Å². The number of allylic oxidation sites excluding steroid dienone is 6. The molecule has 1 aromatic heterocycles. The molecule has 0 spiro atoms. The zero-order chi connectivity index (χ0) is 14.1. The summed E-state index contributed by atoms with van der Waals surface area (Å²) >= 11 is 0. The van der Waals surface area contributed by atoms with Gasteiger partial charge in [0.15, 0.2) is 11.9 Å². The molecule has 1 heterocycles. The van der Waals surface area contributed by atoms with Gasteiger partial charge in [-0.15, -0.1) is 0 Å². The topological polar surface area (TPSA) is 3.88 Å². The number of hydrogen-bond donors (Lipinski definition) is 0. The van der Waals surface area contributed by atoms with Gasteiger partial charge in [0.2, 0.25) is 0 Å². The van der Waals surface area contributed by atoms with Crippen molar-refractivity contribution in [1.82, 2.24) is 0 Å². The minimum Gasteiger partial charge on any atom is -0.204 e. The molecule has 0 fully saturated rings. The summed E-state index contributed by atoms with van der Waals surface area (Å²) in [7, 11) is 2.15. The lowest BCUT2D eigenvalue weighted by Gasteiger charge is -2.19. The number of nitrogens with zero attached hydrogens (tertiary/aromatic N) is 1. The second-order valence-corrected chi connectivity index (χ2v) is 5.95. The molecule has 2 aliphatic carbocycles. The van der Waals surface area contributed by atoms with E-state index in [9.17, 15) is 0 Å². The minimum atomic E-state index is 0.466. The maximum absolute atomic E-state index is 2.35. The molecule has 0 aromatic carbocycles. The first kappa shape index (κ1) is 13.1. The monoisotopic (exact) mass is 264 g/mol. The standard InChI is InChI=1S/C19H22N/c1-14-8-10-16-12-19(18-7-5-4-6-15(18)2)20(3)13-17(16)11-9-14/h4-15,18H,1-3H3/q+1. The van der Waals surface area contributed by atoms with E-state index in [1.807, 2.05) is 0 Å². The average molecular weight is 264 g/mol. The van der Waals surface area contributed by atoms with E-state index in [0.29, 0.717) is 17.8 Å². The van der Waals surface area contributed by atoms with Crippen molar-refractivity contribution in [1.29, 1.82) is 0 Å².